The molecule has 0 saturated heterocycles. The van der Waals surface area contributed by atoms with Gasteiger partial charge in [0.1, 0.15) is 12.0 Å². The van der Waals surface area contributed by atoms with Crippen molar-refractivity contribution in [1.29, 1.82) is 0 Å². The fourth-order valence-corrected chi connectivity index (χ4v) is 1.67. The average molecular weight is 260 g/mol. The number of amides is 1. The Morgan fingerprint density at radius 3 is 2.68 bits per heavy atom. The van der Waals surface area contributed by atoms with Crippen LogP contribution in [0.2, 0.25) is 0 Å². The molecule has 1 N–H and O–H groups in total. The highest BCUT2D eigenvalue weighted by Gasteiger charge is 2.06. The van der Waals surface area contributed by atoms with Crippen LogP contribution in [0.3, 0.4) is 0 Å². The number of rotatable bonds is 5. The molecule has 19 heavy (non-hydrogen) atoms. The van der Waals surface area contributed by atoms with Crippen molar-refractivity contribution in [3.8, 4) is 5.75 Å². The second-order valence-electron chi connectivity index (χ2n) is 4.09. The summed E-state index contributed by atoms with van der Waals surface area (Å²) in [6.45, 7) is 2.32. The number of oxazole rings is 1. The Labute approximate surface area is 111 Å². The zero-order valence-corrected chi connectivity index (χ0v) is 11.0. The zero-order valence-electron chi connectivity index (χ0n) is 11.0. The molecule has 5 nitrogen and oxygen atoms in total. The molecule has 100 valence electrons. The number of aryl methyl sites for hydroxylation is 1. The number of aromatic nitrogens is 1. The summed E-state index contributed by atoms with van der Waals surface area (Å²) in [5.74, 6) is 1.26. The van der Waals surface area contributed by atoms with Gasteiger partial charge in [0.25, 0.3) is 5.91 Å². The Kier molecular flexibility index (Phi) is 4.18. The van der Waals surface area contributed by atoms with Crippen molar-refractivity contribution in [3.63, 3.8) is 0 Å². The number of carbonyl (C=O) groups excluding carboxylic acids is 1. The van der Waals surface area contributed by atoms with E-state index in [1.54, 1.807) is 44.6 Å². The summed E-state index contributed by atoms with van der Waals surface area (Å²) in [4.78, 5) is 16.0. The fraction of sp³-hybridized carbons (Fsp3) is 0.286. The van der Waals surface area contributed by atoms with Gasteiger partial charge < -0.3 is 14.5 Å². The van der Waals surface area contributed by atoms with Crippen molar-refractivity contribution in [2.24, 2.45) is 0 Å². The molecule has 0 aliphatic carbocycles. The van der Waals surface area contributed by atoms with Crippen molar-refractivity contribution in [2.45, 2.75) is 13.3 Å². The standard InChI is InChI=1S/C14H16N2O3/c1-10-16-12(9-19-10)7-8-15-14(17)11-3-5-13(18-2)6-4-11/h3-6,9H,7-8H2,1-2H3,(H,15,17). The average Bonchev–Trinajstić information content (AvgIpc) is 2.84. The molecular weight excluding hydrogens is 244 g/mol. The summed E-state index contributed by atoms with van der Waals surface area (Å²) in [7, 11) is 1.59. The van der Waals surface area contributed by atoms with E-state index in [0.29, 0.717) is 24.4 Å². The number of nitrogens with one attached hydrogen (secondary N) is 1. The predicted molar refractivity (Wildman–Crippen MR) is 70.3 cm³/mol. The first kappa shape index (κ1) is 13.1. The molecule has 2 rings (SSSR count). The molecule has 0 radical (unpaired) electrons. The highest BCUT2D eigenvalue weighted by Crippen LogP contribution is 2.11. The molecule has 0 bridgehead atoms. The lowest BCUT2D eigenvalue weighted by atomic mass is 10.2. The molecule has 0 aliphatic heterocycles. The Bertz CT molecular complexity index is 546. The van der Waals surface area contributed by atoms with Crippen molar-refractivity contribution in [2.75, 3.05) is 13.7 Å². The van der Waals surface area contributed by atoms with Crippen LogP contribution in [-0.4, -0.2) is 24.5 Å². The summed E-state index contributed by atoms with van der Waals surface area (Å²) >= 11 is 0. The van der Waals surface area contributed by atoms with Crippen LogP contribution in [0.1, 0.15) is 21.9 Å². The predicted octanol–water partition coefficient (Wildman–Crippen LogP) is 1.96. The molecule has 0 saturated carbocycles. The Morgan fingerprint density at radius 2 is 2.11 bits per heavy atom. The number of benzene rings is 1. The van der Waals surface area contributed by atoms with Crippen LogP contribution in [-0.2, 0) is 6.42 Å². The summed E-state index contributed by atoms with van der Waals surface area (Å²) in [6, 6.07) is 6.98. The topological polar surface area (TPSA) is 64.4 Å². The summed E-state index contributed by atoms with van der Waals surface area (Å²) in [5, 5.41) is 2.83. The minimum absolute atomic E-state index is 0.108. The molecule has 5 heteroatoms. The highest BCUT2D eigenvalue weighted by molar-refractivity contribution is 5.94. The van der Waals surface area contributed by atoms with Crippen LogP contribution in [0.5, 0.6) is 5.75 Å². The lowest BCUT2D eigenvalue weighted by Crippen LogP contribution is -2.25. The quantitative estimate of drug-likeness (QED) is 0.892. The molecule has 1 aromatic heterocycles. The fourth-order valence-electron chi connectivity index (χ4n) is 1.67. The van der Waals surface area contributed by atoms with E-state index < -0.39 is 0 Å². The molecule has 0 spiro atoms. The van der Waals surface area contributed by atoms with E-state index >= 15 is 0 Å². The van der Waals surface area contributed by atoms with Gasteiger partial charge in [-0.3, -0.25) is 4.79 Å². The zero-order chi connectivity index (χ0) is 13.7. The Hall–Kier alpha value is -2.30. The van der Waals surface area contributed by atoms with Gasteiger partial charge in [0.2, 0.25) is 0 Å². The van der Waals surface area contributed by atoms with Gasteiger partial charge >= 0.3 is 0 Å². The van der Waals surface area contributed by atoms with E-state index in [4.69, 9.17) is 9.15 Å². The third-order valence-electron chi connectivity index (χ3n) is 2.69. The molecule has 0 fully saturated rings. The second kappa shape index (κ2) is 6.04. The number of ether oxygens (including phenoxy) is 1. The molecule has 1 heterocycles. The first-order valence-corrected chi connectivity index (χ1v) is 6.02. The van der Waals surface area contributed by atoms with Gasteiger partial charge in [0.05, 0.1) is 12.8 Å². The van der Waals surface area contributed by atoms with Gasteiger partial charge in [-0.2, -0.15) is 0 Å². The Balaban J connectivity index is 1.83. The maximum atomic E-state index is 11.8. The number of nitrogens with zero attached hydrogens (tertiary/aromatic N) is 1. The van der Waals surface area contributed by atoms with E-state index in [0.717, 1.165) is 11.4 Å². The van der Waals surface area contributed by atoms with Gasteiger partial charge in [-0.25, -0.2) is 4.98 Å². The maximum Gasteiger partial charge on any atom is 0.251 e. The highest BCUT2D eigenvalue weighted by atomic mass is 16.5. The molecule has 1 amide bonds. The Morgan fingerprint density at radius 1 is 1.37 bits per heavy atom. The van der Waals surface area contributed by atoms with Crippen molar-refractivity contribution in [3.05, 3.63) is 47.7 Å². The van der Waals surface area contributed by atoms with Gasteiger partial charge in [-0.1, -0.05) is 0 Å². The van der Waals surface area contributed by atoms with E-state index in [-0.39, 0.29) is 5.91 Å². The first-order chi connectivity index (χ1) is 9.19. The van der Waals surface area contributed by atoms with Crippen molar-refractivity contribution in [1.82, 2.24) is 10.3 Å². The van der Waals surface area contributed by atoms with Crippen LogP contribution in [0.25, 0.3) is 0 Å². The van der Waals surface area contributed by atoms with E-state index in [9.17, 15) is 4.79 Å². The SMILES string of the molecule is COc1ccc(C(=O)NCCc2coc(C)n2)cc1. The minimum Gasteiger partial charge on any atom is -0.497 e. The molecule has 0 unspecified atom stereocenters. The van der Waals surface area contributed by atoms with Crippen LogP contribution in [0, 0.1) is 6.92 Å². The van der Waals surface area contributed by atoms with Gasteiger partial charge in [-0.15, -0.1) is 0 Å². The van der Waals surface area contributed by atoms with E-state index in [1.807, 2.05) is 0 Å². The third kappa shape index (κ3) is 3.58. The van der Waals surface area contributed by atoms with Crippen molar-refractivity contribution >= 4 is 5.91 Å². The number of hydrogen-bond acceptors (Lipinski definition) is 4. The molecular formula is C14H16N2O3. The number of methoxy groups -OCH3 is 1. The molecule has 0 atom stereocenters. The molecule has 1 aromatic carbocycles. The van der Waals surface area contributed by atoms with E-state index in [1.165, 1.54) is 0 Å². The second-order valence-corrected chi connectivity index (χ2v) is 4.09. The van der Waals surface area contributed by atoms with Crippen LogP contribution in [0.15, 0.2) is 34.9 Å². The minimum atomic E-state index is -0.108. The summed E-state index contributed by atoms with van der Waals surface area (Å²) in [5.41, 5.74) is 1.45. The first-order valence-electron chi connectivity index (χ1n) is 6.02. The smallest absolute Gasteiger partial charge is 0.251 e. The summed E-state index contributed by atoms with van der Waals surface area (Å²) in [6.07, 6.45) is 2.26. The van der Waals surface area contributed by atoms with Gasteiger partial charge in [0.15, 0.2) is 5.89 Å². The van der Waals surface area contributed by atoms with Gasteiger partial charge in [0, 0.05) is 25.5 Å². The number of hydrogen-bond donors (Lipinski definition) is 1. The van der Waals surface area contributed by atoms with Gasteiger partial charge in [-0.05, 0) is 24.3 Å². The van der Waals surface area contributed by atoms with Crippen LogP contribution >= 0.6 is 0 Å². The molecule has 0 aliphatic rings. The van der Waals surface area contributed by atoms with Crippen LogP contribution in [0.4, 0.5) is 0 Å². The molecule has 2 aromatic rings. The van der Waals surface area contributed by atoms with Crippen LogP contribution < -0.4 is 10.1 Å². The van der Waals surface area contributed by atoms with E-state index in [2.05, 4.69) is 10.3 Å². The lowest BCUT2D eigenvalue weighted by Gasteiger charge is -2.05. The summed E-state index contributed by atoms with van der Waals surface area (Å²) < 4.78 is 10.1. The lowest BCUT2D eigenvalue weighted by molar-refractivity contribution is 0.0954. The normalized spacial score (nSPS) is 10.2. The third-order valence-corrected chi connectivity index (χ3v) is 2.69. The largest absolute Gasteiger partial charge is 0.497 e. The van der Waals surface area contributed by atoms with Crippen molar-refractivity contribution < 1.29 is 13.9 Å². The number of carbonyl (C=O) groups is 1. The maximum absolute atomic E-state index is 11.8. The monoisotopic (exact) mass is 260 g/mol.